The molecule has 0 heterocycles. The zero-order valence-electron chi connectivity index (χ0n) is 12.9. The van der Waals surface area contributed by atoms with Crippen molar-refractivity contribution in [3.8, 4) is 0 Å². The van der Waals surface area contributed by atoms with Crippen LogP contribution in [0, 0.1) is 5.92 Å². The summed E-state index contributed by atoms with van der Waals surface area (Å²) in [5, 5.41) is 12.7. The van der Waals surface area contributed by atoms with Crippen LogP contribution in [0.1, 0.15) is 52.9 Å². The van der Waals surface area contributed by atoms with Crippen LogP contribution in [0.4, 0.5) is 0 Å². The normalized spacial score (nSPS) is 27.2. The lowest BCUT2D eigenvalue weighted by Gasteiger charge is -2.38. The molecule has 4 nitrogen and oxygen atoms in total. The number of nitrogens with one attached hydrogen (secondary N) is 1. The standard InChI is InChI=1S/C15H30N2O2/c1-5-9-16-15(3,14(18)19)11-17(4)13-8-6-7-12(2)10-13/h12-13,16H,5-11H2,1-4H3,(H,18,19). The van der Waals surface area contributed by atoms with Crippen LogP contribution in [-0.4, -0.2) is 47.7 Å². The second kappa shape index (κ2) is 7.25. The van der Waals surface area contributed by atoms with Crippen LogP contribution in [0.5, 0.6) is 0 Å². The SMILES string of the molecule is CCCNC(C)(CN(C)C1CCCC(C)C1)C(=O)O. The lowest BCUT2D eigenvalue weighted by Crippen LogP contribution is -2.58. The first kappa shape index (κ1) is 16.4. The molecule has 0 aliphatic heterocycles. The van der Waals surface area contributed by atoms with Gasteiger partial charge in [0.15, 0.2) is 0 Å². The van der Waals surface area contributed by atoms with Crippen LogP contribution >= 0.6 is 0 Å². The molecule has 1 fully saturated rings. The van der Waals surface area contributed by atoms with Crippen molar-refractivity contribution in [1.82, 2.24) is 10.2 Å². The Hall–Kier alpha value is -0.610. The summed E-state index contributed by atoms with van der Waals surface area (Å²) in [5.41, 5.74) is -0.842. The van der Waals surface area contributed by atoms with E-state index in [9.17, 15) is 9.90 Å². The molecule has 0 aromatic rings. The zero-order valence-corrected chi connectivity index (χ0v) is 12.9. The number of carboxylic acids is 1. The van der Waals surface area contributed by atoms with Gasteiger partial charge in [0.2, 0.25) is 0 Å². The van der Waals surface area contributed by atoms with Crippen molar-refractivity contribution in [2.45, 2.75) is 64.5 Å². The van der Waals surface area contributed by atoms with E-state index in [4.69, 9.17) is 0 Å². The molecule has 0 aromatic carbocycles. The van der Waals surface area contributed by atoms with E-state index >= 15 is 0 Å². The highest BCUT2D eigenvalue weighted by atomic mass is 16.4. The van der Waals surface area contributed by atoms with Gasteiger partial charge in [0.05, 0.1) is 0 Å². The quantitative estimate of drug-likeness (QED) is 0.745. The number of hydrogen-bond donors (Lipinski definition) is 2. The third-order valence-electron chi connectivity index (χ3n) is 4.33. The van der Waals surface area contributed by atoms with E-state index in [0.717, 1.165) is 18.9 Å². The number of carboxylic acid groups (broad SMARTS) is 1. The van der Waals surface area contributed by atoms with Crippen LogP contribution in [-0.2, 0) is 4.79 Å². The molecular weight excluding hydrogens is 240 g/mol. The summed E-state index contributed by atoms with van der Waals surface area (Å²) in [6.07, 6.45) is 5.92. The Labute approximate surface area is 117 Å². The average molecular weight is 270 g/mol. The molecule has 1 aliphatic rings. The van der Waals surface area contributed by atoms with Crippen molar-refractivity contribution >= 4 is 5.97 Å². The largest absolute Gasteiger partial charge is 0.480 e. The monoisotopic (exact) mass is 270 g/mol. The lowest BCUT2D eigenvalue weighted by atomic mass is 9.85. The molecule has 1 aliphatic carbocycles. The van der Waals surface area contributed by atoms with Gasteiger partial charge in [0.25, 0.3) is 0 Å². The summed E-state index contributed by atoms with van der Waals surface area (Å²) in [4.78, 5) is 13.8. The maximum Gasteiger partial charge on any atom is 0.324 e. The van der Waals surface area contributed by atoms with Gasteiger partial charge in [-0.25, -0.2) is 0 Å². The van der Waals surface area contributed by atoms with Crippen LogP contribution in [0.15, 0.2) is 0 Å². The molecule has 1 saturated carbocycles. The van der Waals surface area contributed by atoms with Crippen molar-refractivity contribution in [3.05, 3.63) is 0 Å². The van der Waals surface area contributed by atoms with Crippen LogP contribution in [0.2, 0.25) is 0 Å². The summed E-state index contributed by atoms with van der Waals surface area (Å²) in [5.74, 6) is 0.0116. The zero-order chi connectivity index (χ0) is 14.5. The van der Waals surface area contributed by atoms with E-state index in [1.54, 1.807) is 6.92 Å². The maximum absolute atomic E-state index is 11.5. The molecule has 1 rings (SSSR count). The van der Waals surface area contributed by atoms with Gasteiger partial charge < -0.3 is 15.3 Å². The van der Waals surface area contributed by atoms with Crippen LogP contribution in [0.3, 0.4) is 0 Å². The first-order valence-electron chi connectivity index (χ1n) is 7.57. The minimum Gasteiger partial charge on any atom is -0.480 e. The van der Waals surface area contributed by atoms with Gasteiger partial charge in [-0.3, -0.25) is 4.79 Å². The van der Waals surface area contributed by atoms with Gasteiger partial charge in [-0.1, -0.05) is 26.7 Å². The molecule has 0 spiro atoms. The van der Waals surface area contributed by atoms with Crippen LogP contribution in [0.25, 0.3) is 0 Å². The van der Waals surface area contributed by atoms with E-state index in [-0.39, 0.29) is 0 Å². The molecule has 4 heteroatoms. The van der Waals surface area contributed by atoms with Crippen LogP contribution < -0.4 is 5.32 Å². The molecule has 3 atom stereocenters. The number of nitrogens with zero attached hydrogens (tertiary/aromatic N) is 1. The van der Waals surface area contributed by atoms with Crippen molar-refractivity contribution in [3.63, 3.8) is 0 Å². The molecule has 3 unspecified atom stereocenters. The minimum absolute atomic E-state index is 0.533. The Kier molecular flexibility index (Phi) is 6.27. The predicted molar refractivity (Wildman–Crippen MR) is 78.4 cm³/mol. The second-order valence-corrected chi connectivity index (χ2v) is 6.40. The highest BCUT2D eigenvalue weighted by molar-refractivity contribution is 5.78. The fraction of sp³-hybridized carbons (Fsp3) is 0.933. The average Bonchev–Trinajstić information content (AvgIpc) is 2.36. The summed E-state index contributed by atoms with van der Waals surface area (Å²) < 4.78 is 0. The molecule has 0 bridgehead atoms. The Bertz CT molecular complexity index is 296. The molecule has 19 heavy (non-hydrogen) atoms. The number of rotatable bonds is 7. The molecule has 112 valence electrons. The van der Waals surface area contributed by atoms with Gasteiger partial charge in [0.1, 0.15) is 5.54 Å². The molecule has 0 saturated heterocycles. The van der Waals surface area contributed by atoms with Gasteiger partial charge >= 0.3 is 5.97 Å². The topological polar surface area (TPSA) is 52.6 Å². The van der Waals surface area contributed by atoms with Gasteiger partial charge in [-0.2, -0.15) is 0 Å². The number of likely N-dealkylation sites (N-methyl/N-ethyl adjacent to an activating group) is 1. The van der Waals surface area contributed by atoms with Crippen molar-refractivity contribution in [1.29, 1.82) is 0 Å². The fourth-order valence-corrected chi connectivity index (χ4v) is 3.03. The predicted octanol–water partition coefficient (Wildman–Crippen LogP) is 2.34. The molecular formula is C15H30N2O2. The fourth-order valence-electron chi connectivity index (χ4n) is 3.03. The van der Waals surface area contributed by atoms with Crippen molar-refractivity contribution in [2.75, 3.05) is 20.1 Å². The van der Waals surface area contributed by atoms with Crippen molar-refractivity contribution in [2.24, 2.45) is 5.92 Å². The third-order valence-corrected chi connectivity index (χ3v) is 4.33. The van der Waals surface area contributed by atoms with Crippen molar-refractivity contribution < 1.29 is 9.90 Å². The second-order valence-electron chi connectivity index (χ2n) is 6.40. The molecule has 0 aromatic heterocycles. The summed E-state index contributed by atoms with van der Waals surface area (Å²) in [6.45, 7) is 7.47. The number of hydrogen-bond acceptors (Lipinski definition) is 3. The highest BCUT2D eigenvalue weighted by Crippen LogP contribution is 2.27. The van der Waals surface area contributed by atoms with Gasteiger partial charge in [-0.05, 0) is 45.7 Å². The Morgan fingerprint density at radius 3 is 2.68 bits per heavy atom. The first-order valence-corrected chi connectivity index (χ1v) is 7.57. The highest BCUT2D eigenvalue weighted by Gasteiger charge is 2.35. The first-order chi connectivity index (χ1) is 8.89. The van der Waals surface area contributed by atoms with E-state index in [1.807, 2.05) is 0 Å². The number of carbonyl (C=O) groups is 1. The molecule has 0 amide bonds. The summed E-state index contributed by atoms with van der Waals surface area (Å²) in [6, 6.07) is 0.533. The molecule has 0 radical (unpaired) electrons. The Morgan fingerprint density at radius 1 is 1.47 bits per heavy atom. The van der Waals surface area contributed by atoms with E-state index in [2.05, 4.69) is 31.1 Å². The van der Waals surface area contributed by atoms with E-state index in [0.29, 0.717) is 12.6 Å². The Morgan fingerprint density at radius 2 is 2.16 bits per heavy atom. The third kappa shape index (κ3) is 4.77. The number of aliphatic carboxylic acids is 1. The summed E-state index contributed by atoms with van der Waals surface area (Å²) >= 11 is 0. The Balaban J connectivity index is 2.59. The lowest BCUT2D eigenvalue weighted by molar-refractivity contribution is -0.145. The maximum atomic E-state index is 11.5. The van der Waals surface area contributed by atoms with E-state index in [1.165, 1.54) is 25.7 Å². The minimum atomic E-state index is -0.842. The molecule has 2 N–H and O–H groups in total. The smallest absolute Gasteiger partial charge is 0.324 e. The summed E-state index contributed by atoms with van der Waals surface area (Å²) in [7, 11) is 2.07. The van der Waals surface area contributed by atoms with Gasteiger partial charge in [-0.15, -0.1) is 0 Å². The van der Waals surface area contributed by atoms with E-state index < -0.39 is 11.5 Å². The van der Waals surface area contributed by atoms with Gasteiger partial charge in [0, 0.05) is 12.6 Å².